The van der Waals surface area contributed by atoms with E-state index in [4.69, 9.17) is 11.6 Å². The number of hydrogen-bond acceptors (Lipinski definition) is 4. The van der Waals surface area contributed by atoms with E-state index in [1.54, 1.807) is 24.7 Å². The molecule has 118 valence electrons. The van der Waals surface area contributed by atoms with Gasteiger partial charge in [0.25, 0.3) is 0 Å². The van der Waals surface area contributed by atoms with E-state index < -0.39 is 6.61 Å². The molecule has 0 bridgehead atoms. The standard InChI is InChI=1S/C15H16ClF2N3O/c1-21(7-4-13-9-19-5-6-20-13)10-11-8-12(16)2-3-14(11)22-15(17)18/h2-3,5-6,8-9,15H,4,7,10H2,1H3. The van der Waals surface area contributed by atoms with Gasteiger partial charge < -0.3 is 9.64 Å². The zero-order chi connectivity index (χ0) is 15.9. The third-order valence-electron chi connectivity index (χ3n) is 3.05. The molecular formula is C15H16ClF2N3O. The first-order valence-corrected chi connectivity index (χ1v) is 7.09. The Morgan fingerprint density at radius 1 is 1.32 bits per heavy atom. The molecule has 22 heavy (non-hydrogen) atoms. The lowest BCUT2D eigenvalue weighted by Gasteiger charge is -2.19. The Kier molecular flexibility index (Phi) is 6.03. The zero-order valence-electron chi connectivity index (χ0n) is 12.0. The molecular weight excluding hydrogens is 312 g/mol. The van der Waals surface area contributed by atoms with Gasteiger partial charge in [-0.2, -0.15) is 8.78 Å². The van der Waals surface area contributed by atoms with Crippen LogP contribution in [-0.2, 0) is 13.0 Å². The van der Waals surface area contributed by atoms with Gasteiger partial charge in [0.1, 0.15) is 5.75 Å². The molecule has 4 nitrogen and oxygen atoms in total. The predicted molar refractivity (Wildman–Crippen MR) is 80.2 cm³/mol. The smallest absolute Gasteiger partial charge is 0.387 e. The Balaban J connectivity index is 1.98. The van der Waals surface area contributed by atoms with Crippen molar-refractivity contribution in [3.05, 3.63) is 53.1 Å². The van der Waals surface area contributed by atoms with E-state index in [0.29, 0.717) is 23.7 Å². The van der Waals surface area contributed by atoms with Gasteiger partial charge in [-0.15, -0.1) is 0 Å². The Morgan fingerprint density at radius 2 is 2.14 bits per heavy atom. The minimum atomic E-state index is -2.86. The maximum Gasteiger partial charge on any atom is 0.387 e. The van der Waals surface area contributed by atoms with Gasteiger partial charge in [-0.25, -0.2) is 0 Å². The van der Waals surface area contributed by atoms with Crippen LogP contribution in [0.5, 0.6) is 5.75 Å². The van der Waals surface area contributed by atoms with Gasteiger partial charge in [0.05, 0.1) is 5.69 Å². The van der Waals surface area contributed by atoms with Crippen molar-refractivity contribution in [1.29, 1.82) is 0 Å². The fourth-order valence-electron chi connectivity index (χ4n) is 2.02. The summed E-state index contributed by atoms with van der Waals surface area (Å²) in [6, 6.07) is 4.63. The first-order chi connectivity index (χ1) is 10.5. The molecule has 0 N–H and O–H groups in total. The predicted octanol–water partition coefficient (Wildman–Crippen LogP) is 3.41. The quantitative estimate of drug-likeness (QED) is 0.781. The van der Waals surface area contributed by atoms with Gasteiger partial charge in [-0.3, -0.25) is 9.97 Å². The second-order valence-corrected chi connectivity index (χ2v) is 5.25. The van der Waals surface area contributed by atoms with Gasteiger partial charge in [0, 0.05) is 48.7 Å². The summed E-state index contributed by atoms with van der Waals surface area (Å²) in [6.07, 6.45) is 5.68. The SMILES string of the molecule is CN(CCc1cnccn1)Cc1cc(Cl)ccc1OC(F)F. The number of hydrogen-bond donors (Lipinski definition) is 0. The minimum absolute atomic E-state index is 0.144. The molecule has 1 heterocycles. The van der Waals surface area contributed by atoms with Crippen LogP contribution in [0.25, 0.3) is 0 Å². The van der Waals surface area contributed by atoms with Crippen LogP contribution in [0.1, 0.15) is 11.3 Å². The second kappa shape index (κ2) is 8.00. The lowest BCUT2D eigenvalue weighted by Crippen LogP contribution is -2.21. The summed E-state index contributed by atoms with van der Waals surface area (Å²) in [7, 11) is 1.89. The summed E-state index contributed by atoms with van der Waals surface area (Å²) >= 11 is 5.93. The molecule has 0 aliphatic heterocycles. The third-order valence-corrected chi connectivity index (χ3v) is 3.28. The molecule has 1 aromatic heterocycles. The summed E-state index contributed by atoms with van der Waals surface area (Å²) in [5.41, 5.74) is 1.50. The van der Waals surface area contributed by atoms with Crippen molar-refractivity contribution in [2.75, 3.05) is 13.6 Å². The average Bonchev–Trinajstić information content (AvgIpc) is 2.49. The van der Waals surface area contributed by atoms with Crippen molar-refractivity contribution in [1.82, 2.24) is 14.9 Å². The highest BCUT2D eigenvalue weighted by Crippen LogP contribution is 2.25. The van der Waals surface area contributed by atoms with Crippen molar-refractivity contribution in [3.63, 3.8) is 0 Å². The molecule has 0 fully saturated rings. The van der Waals surface area contributed by atoms with Crippen LogP contribution >= 0.6 is 11.6 Å². The van der Waals surface area contributed by atoms with E-state index >= 15 is 0 Å². The lowest BCUT2D eigenvalue weighted by atomic mass is 10.2. The number of halogens is 3. The highest BCUT2D eigenvalue weighted by molar-refractivity contribution is 6.30. The fourth-order valence-corrected chi connectivity index (χ4v) is 2.21. The number of ether oxygens (including phenoxy) is 1. The van der Waals surface area contributed by atoms with Crippen LogP contribution < -0.4 is 4.74 Å². The molecule has 0 spiro atoms. The van der Waals surface area contributed by atoms with Gasteiger partial charge in [0.15, 0.2) is 0 Å². The van der Waals surface area contributed by atoms with E-state index in [1.165, 1.54) is 12.1 Å². The summed E-state index contributed by atoms with van der Waals surface area (Å²) in [5.74, 6) is 0.144. The topological polar surface area (TPSA) is 38.2 Å². The first-order valence-electron chi connectivity index (χ1n) is 6.71. The maximum absolute atomic E-state index is 12.4. The Hall–Kier alpha value is -1.79. The molecule has 0 unspecified atom stereocenters. The molecule has 1 aromatic carbocycles. The van der Waals surface area contributed by atoms with Crippen molar-refractivity contribution < 1.29 is 13.5 Å². The van der Waals surface area contributed by atoms with E-state index in [-0.39, 0.29) is 5.75 Å². The molecule has 0 saturated heterocycles. The molecule has 0 aliphatic carbocycles. The summed E-state index contributed by atoms with van der Waals surface area (Å²) in [5, 5.41) is 0.485. The minimum Gasteiger partial charge on any atom is -0.434 e. The average molecular weight is 328 g/mol. The number of alkyl halides is 2. The Bertz CT molecular complexity index is 599. The third kappa shape index (κ3) is 5.20. The number of nitrogens with zero attached hydrogens (tertiary/aromatic N) is 3. The molecule has 2 rings (SSSR count). The number of aromatic nitrogens is 2. The number of benzene rings is 1. The van der Waals surface area contributed by atoms with E-state index in [0.717, 1.165) is 12.1 Å². The zero-order valence-corrected chi connectivity index (χ0v) is 12.8. The normalized spacial score (nSPS) is 11.2. The fraction of sp³-hybridized carbons (Fsp3) is 0.333. The largest absolute Gasteiger partial charge is 0.434 e. The van der Waals surface area contributed by atoms with Gasteiger partial charge in [-0.05, 0) is 25.2 Å². The van der Waals surface area contributed by atoms with Crippen LogP contribution in [0.15, 0.2) is 36.8 Å². The van der Waals surface area contributed by atoms with Crippen LogP contribution in [0, 0.1) is 0 Å². The first kappa shape index (κ1) is 16.6. The molecule has 0 radical (unpaired) electrons. The van der Waals surface area contributed by atoms with Crippen molar-refractivity contribution >= 4 is 11.6 Å². The van der Waals surface area contributed by atoms with E-state index in [9.17, 15) is 8.78 Å². The number of likely N-dealkylation sites (N-methyl/N-ethyl adjacent to an activating group) is 1. The molecule has 0 amide bonds. The second-order valence-electron chi connectivity index (χ2n) is 4.82. The molecule has 2 aromatic rings. The van der Waals surface area contributed by atoms with Crippen LogP contribution in [0.4, 0.5) is 8.78 Å². The van der Waals surface area contributed by atoms with Crippen molar-refractivity contribution in [3.8, 4) is 5.75 Å². The van der Waals surface area contributed by atoms with Crippen LogP contribution in [0.3, 0.4) is 0 Å². The van der Waals surface area contributed by atoms with E-state index in [2.05, 4.69) is 14.7 Å². The summed E-state index contributed by atoms with van der Waals surface area (Å²) < 4.78 is 29.4. The lowest BCUT2D eigenvalue weighted by molar-refractivity contribution is -0.0507. The molecule has 0 aliphatic rings. The Labute approximate surface area is 132 Å². The van der Waals surface area contributed by atoms with Crippen LogP contribution in [-0.4, -0.2) is 35.1 Å². The summed E-state index contributed by atoms with van der Waals surface area (Å²) in [4.78, 5) is 10.2. The van der Waals surface area contributed by atoms with Crippen LogP contribution in [0.2, 0.25) is 5.02 Å². The Morgan fingerprint density at radius 3 is 2.82 bits per heavy atom. The van der Waals surface area contributed by atoms with Gasteiger partial charge >= 0.3 is 6.61 Å². The maximum atomic E-state index is 12.4. The van der Waals surface area contributed by atoms with Crippen molar-refractivity contribution in [2.24, 2.45) is 0 Å². The highest BCUT2D eigenvalue weighted by atomic mass is 35.5. The monoisotopic (exact) mass is 327 g/mol. The van der Waals surface area contributed by atoms with Crippen molar-refractivity contribution in [2.45, 2.75) is 19.6 Å². The van der Waals surface area contributed by atoms with Gasteiger partial charge in [-0.1, -0.05) is 11.6 Å². The molecule has 0 atom stereocenters. The van der Waals surface area contributed by atoms with E-state index in [1.807, 2.05) is 11.9 Å². The molecule has 7 heteroatoms. The highest BCUT2D eigenvalue weighted by Gasteiger charge is 2.12. The number of rotatable bonds is 7. The summed E-state index contributed by atoms with van der Waals surface area (Å²) in [6.45, 7) is -1.70. The van der Waals surface area contributed by atoms with Gasteiger partial charge in [0.2, 0.25) is 0 Å². The molecule has 0 saturated carbocycles.